The molecular weight excluding hydrogens is 366 g/mol. The number of hydrogen-bond donors (Lipinski definition) is 2. The number of benzene rings is 2. The van der Waals surface area contributed by atoms with Crippen LogP contribution in [0.2, 0.25) is 0 Å². The molecule has 0 saturated heterocycles. The van der Waals surface area contributed by atoms with Crippen LogP contribution in [0.15, 0.2) is 59.5 Å². The molecule has 2 rings (SSSR count). The fourth-order valence-corrected chi connectivity index (χ4v) is 3.39. The highest BCUT2D eigenvalue weighted by atomic mass is 32.2. The van der Waals surface area contributed by atoms with Gasteiger partial charge in [0.2, 0.25) is 0 Å². The number of anilines is 1. The molecule has 2 aromatic carbocycles. The van der Waals surface area contributed by atoms with Crippen LogP contribution >= 0.6 is 0 Å². The van der Waals surface area contributed by atoms with E-state index in [0.717, 1.165) is 0 Å². The quantitative estimate of drug-likeness (QED) is 0.536. The Morgan fingerprint density at radius 3 is 2.37 bits per heavy atom. The lowest BCUT2D eigenvalue weighted by molar-refractivity contribution is -0.117. The predicted octanol–water partition coefficient (Wildman–Crippen LogP) is 2.90. The third kappa shape index (κ3) is 5.60. The number of carbonyl (C=O) groups is 2. The number of Topliss-reactive ketones (excluding diaryl/α,β-unsaturated/α-hetero) is 1. The van der Waals surface area contributed by atoms with Crippen molar-refractivity contribution in [2.45, 2.75) is 18.7 Å². The van der Waals surface area contributed by atoms with Gasteiger partial charge in [0.05, 0.1) is 4.90 Å². The van der Waals surface area contributed by atoms with E-state index in [2.05, 4.69) is 4.72 Å². The van der Waals surface area contributed by atoms with Crippen LogP contribution in [0, 0.1) is 5.92 Å². The van der Waals surface area contributed by atoms with E-state index >= 15 is 0 Å². The van der Waals surface area contributed by atoms with Crippen LogP contribution in [0.5, 0.6) is 0 Å². The molecule has 6 nitrogen and oxygen atoms in total. The summed E-state index contributed by atoms with van der Waals surface area (Å²) in [4.78, 5) is 23.1. The van der Waals surface area contributed by atoms with E-state index in [4.69, 9.17) is 5.11 Å². The van der Waals surface area contributed by atoms with Gasteiger partial charge in [0.15, 0.2) is 11.6 Å². The SMILES string of the molecule is CC(C)C(=O)c1ccc(NS(=O)(=O)c2cccc(/C=C/C(=O)CO)c2)cc1. The molecule has 7 heteroatoms. The van der Waals surface area contributed by atoms with Gasteiger partial charge >= 0.3 is 0 Å². The van der Waals surface area contributed by atoms with E-state index in [1.807, 2.05) is 0 Å². The van der Waals surface area contributed by atoms with Crippen LogP contribution in [0.1, 0.15) is 29.8 Å². The van der Waals surface area contributed by atoms with Crippen molar-refractivity contribution in [3.63, 3.8) is 0 Å². The van der Waals surface area contributed by atoms with E-state index < -0.39 is 22.4 Å². The van der Waals surface area contributed by atoms with Crippen LogP contribution in [0.4, 0.5) is 5.69 Å². The third-order valence-corrected chi connectivity index (χ3v) is 5.11. The Kier molecular flexibility index (Phi) is 6.65. The molecule has 0 aromatic heterocycles. The highest BCUT2D eigenvalue weighted by Gasteiger charge is 2.15. The largest absolute Gasteiger partial charge is 0.388 e. The number of hydrogen-bond acceptors (Lipinski definition) is 5. The van der Waals surface area contributed by atoms with Gasteiger partial charge < -0.3 is 5.11 Å². The number of ketones is 2. The minimum atomic E-state index is -3.83. The van der Waals surface area contributed by atoms with Gasteiger partial charge in [0, 0.05) is 17.2 Å². The maximum atomic E-state index is 12.6. The monoisotopic (exact) mass is 387 g/mol. The zero-order chi connectivity index (χ0) is 20.0. The molecule has 0 spiro atoms. The van der Waals surface area contributed by atoms with Crippen molar-refractivity contribution in [1.82, 2.24) is 0 Å². The van der Waals surface area contributed by atoms with Crippen molar-refractivity contribution >= 4 is 33.4 Å². The van der Waals surface area contributed by atoms with Gasteiger partial charge in [-0.15, -0.1) is 0 Å². The van der Waals surface area contributed by atoms with Crippen LogP contribution in [0.25, 0.3) is 6.08 Å². The summed E-state index contributed by atoms with van der Waals surface area (Å²) in [6.45, 7) is 2.99. The second-order valence-corrected chi connectivity index (χ2v) is 7.91. The van der Waals surface area contributed by atoms with Gasteiger partial charge in [-0.1, -0.05) is 32.1 Å². The van der Waals surface area contributed by atoms with Gasteiger partial charge in [-0.05, 0) is 48.0 Å². The minimum absolute atomic E-state index is 0.0127. The summed E-state index contributed by atoms with van der Waals surface area (Å²) in [5, 5.41) is 8.72. The lowest BCUT2D eigenvalue weighted by atomic mass is 10.0. The summed E-state index contributed by atoms with van der Waals surface area (Å²) >= 11 is 0. The molecule has 0 heterocycles. The van der Waals surface area contributed by atoms with Gasteiger partial charge in [0.1, 0.15) is 6.61 Å². The summed E-state index contributed by atoms with van der Waals surface area (Å²) < 4.78 is 27.6. The molecule has 0 fully saturated rings. The topological polar surface area (TPSA) is 101 Å². The molecule has 0 atom stereocenters. The Morgan fingerprint density at radius 2 is 1.78 bits per heavy atom. The summed E-state index contributed by atoms with van der Waals surface area (Å²) in [5.74, 6) is -0.625. The van der Waals surface area contributed by atoms with Crippen molar-refractivity contribution in [2.75, 3.05) is 11.3 Å². The average molecular weight is 387 g/mol. The highest BCUT2D eigenvalue weighted by molar-refractivity contribution is 7.92. The van der Waals surface area contributed by atoms with Gasteiger partial charge in [-0.25, -0.2) is 8.42 Å². The van der Waals surface area contributed by atoms with Crippen LogP contribution in [0.3, 0.4) is 0 Å². The summed E-state index contributed by atoms with van der Waals surface area (Å²) in [6.07, 6.45) is 2.62. The minimum Gasteiger partial charge on any atom is -0.388 e. The van der Waals surface area contributed by atoms with E-state index in [9.17, 15) is 18.0 Å². The molecule has 0 radical (unpaired) electrons. The lowest BCUT2D eigenvalue weighted by Crippen LogP contribution is -2.13. The Bertz CT molecular complexity index is 960. The Morgan fingerprint density at radius 1 is 1.11 bits per heavy atom. The molecule has 0 unspecified atom stereocenters. The van der Waals surface area contributed by atoms with Crippen molar-refractivity contribution in [3.05, 3.63) is 65.7 Å². The van der Waals surface area contributed by atoms with E-state index in [1.54, 1.807) is 38.1 Å². The first-order chi connectivity index (χ1) is 12.7. The van der Waals surface area contributed by atoms with Crippen LogP contribution < -0.4 is 4.72 Å². The molecule has 0 saturated carbocycles. The molecule has 0 aliphatic rings. The maximum Gasteiger partial charge on any atom is 0.261 e. The smallest absolute Gasteiger partial charge is 0.261 e. The number of sulfonamides is 1. The molecule has 142 valence electrons. The fraction of sp³-hybridized carbons (Fsp3) is 0.200. The van der Waals surface area contributed by atoms with Gasteiger partial charge in [-0.3, -0.25) is 14.3 Å². The zero-order valence-electron chi connectivity index (χ0n) is 15.0. The van der Waals surface area contributed by atoms with Gasteiger partial charge in [0.25, 0.3) is 10.0 Å². The normalized spacial score (nSPS) is 11.7. The van der Waals surface area contributed by atoms with E-state index in [0.29, 0.717) is 16.8 Å². The number of aliphatic hydroxyl groups excluding tert-OH is 1. The third-order valence-electron chi connectivity index (χ3n) is 3.73. The van der Waals surface area contributed by atoms with Crippen LogP contribution in [-0.4, -0.2) is 31.7 Å². The molecule has 27 heavy (non-hydrogen) atoms. The first-order valence-corrected chi connectivity index (χ1v) is 9.80. The van der Waals surface area contributed by atoms with Crippen molar-refractivity contribution in [2.24, 2.45) is 5.92 Å². The number of carbonyl (C=O) groups excluding carboxylic acids is 2. The van der Waals surface area contributed by atoms with Gasteiger partial charge in [-0.2, -0.15) is 0 Å². The second kappa shape index (κ2) is 8.75. The molecule has 0 amide bonds. The standard InChI is InChI=1S/C20H21NO5S/c1-14(2)20(24)16-7-9-17(10-8-16)21-27(25,26)19-5-3-4-15(12-19)6-11-18(23)13-22/h3-12,14,21-22H,13H2,1-2H3/b11-6+. The summed E-state index contributed by atoms with van der Waals surface area (Å²) in [5.41, 5.74) is 1.37. The van der Waals surface area contributed by atoms with E-state index in [1.165, 1.54) is 36.4 Å². The Balaban J connectivity index is 2.20. The molecule has 2 N–H and O–H groups in total. The van der Waals surface area contributed by atoms with Crippen molar-refractivity contribution in [3.8, 4) is 0 Å². The molecule has 0 bridgehead atoms. The van der Waals surface area contributed by atoms with Crippen LogP contribution in [-0.2, 0) is 14.8 Å². The first-order valence-electron chi connectivity index (χ1n) is 8.32. The summed E-state index contributed by atoms with van der Waals surface area (Å²) in [6, 6.07) is 12.3. The van der Waals surface area contributed by atoms with Crippen molar-refractivity contribution in [1.29, 1.82) is 0 Å². The Hall–Kier alpha value is -2.77. The first kappa shape index (κ1) is 20.5. The molecular formula is C20H21NO5S. The predicted molar refractivity (Wildman–Crippen MR) is 104 cm³/mol. The second-order valence-electron chi connectivity index (χ2n) is 6.23. The zero-order valence-corrected chi connectivity index (χ0v) is 15.9. The fourth-order valence-electron chi connectivity index (χ4n) is 2.28. The number of aliphatic hydroxyl groups is 1. The Labute approximate surface area is 158 Å². The highest BCUT2D eigenvalue weighted by Crippen LogP contribution is 2.19. The van der Waals surface area contributed by atoms with E-state index in [-0.39, 0.29) is 16.6 Å². The maximum absolute atomic E-state index is 12.6. The molecule has 0 aliphatic carbocycles. The lowest BCUT2D eigenvalue weighted by Gasteiger charge is -2.10. The molecule has 0 aliphatic heterocycles. The number of nitrogens with one attached hydrogen (secondary N) is 1. The molecule has 2 aromatic rings. The average Bonchev–Trinajstić information content (AvgIpc) is 2.66. The number of rotatable bonds is 8. The van der Waals surface area contributed by atoms with Crippen molar-refractivity contribution < 1.29 is 23.1 Å². The summed E-state index contributed by atoms with van der Waals surface area (Å²) in [7, 11) is -3.83.